The van der Waals surface area contributed by atoms with E-state index in [2.05, 4.69) is 10.2 Å². The van der Waals surface area contributed by atoms with Gasteiger partial charge in [-0.05, 0) is 12.1 Å². The summed E-state index contributed by atoms with van der Waals surface area (Å²) in [7, 11) is 0. The van der Waals surface area contributed by atoms with Gasteiger partial charge in [0.1, 0.15) is 6.54 Å². The number of morpholine rings is 1. The number of anilines is 1. The van der Waals surface area contributed by atoms with Gasteiger partial charge in [0.25, 0.3) is 0 Å². The number of hydrogen-bond donors (Lipinski definition) is 1. The summed E-state index contributed by atoms with van der Waals surface area (Å²) in [5.41, 5.74) is 0.358. The number of nitrogens with zero attached hydrogens (tertiary/aromatic N) is 2. The second kappa shape index (κ2) is 9.22. The summed E-state index contributed by atoms with van der Waals surface area (Å²) < 4.78 is 5.28. The summed E-state index contributed by atoms with van der Waals surface area (Å²) in [6.07, 6.45) is 0. The van der Waals surface area contributed by atoms with E-state index in [1.54, 1.807) is 18.2 Å². The van der Waals surface area contributed by atoms with E-state index in [-0.39, 0.29) is 18.4 Å². The molecule has 6 nitrogen and oxygen atoms in total. The fourth-order valence-corrected chi connectivity index (χ4v) is 3.07. The number of carbonyl (C=O) groups excluding carboxylic acids is 2. The quantitative estimate of drug-likeness (QED) is 0.825. The highest BCUT2D eigenvalue weighted by atomic mass is 35.5. The molecule has 1 saturated heterocycles. The van der Waals surface area contributed by atoms with Gasteiger partial charge in [0.15, 0.2) is 0 Å². The first-order valence-electron chi connectivity index (χ1n) is 7.78. The van der Waals surface area contributed by atoms with E-state index < -0.39 is 0 Å². The largest absolute Gasteiger partial charge is 0.379 e. The highest BCUT2D eigenvalue weighted by molar-refractivity contribution is 6.40. The minimum Gasteiger partial charge on any atom is -0.379 e. The Morgan fingerprint density at radius 3 is 2.46 bits per heavy atom. The standard InChI is InChI=1S/C16H21Cl2N3O3/c1-12(22)21(16-13(17)3-2-4-14(16)18)11-15(23)19-5-6-20-7-9-24-10-8-20/h2-4H,5-11H2,1H3,(H,19,23). The van der Waals surface area contributed by atoms with E-state index in [9.17, 15) is 9.59 Å². The van der Waals surface area contributed by atoms with E-state index in [0.29, 0.717) is 22.3 Å². The van der Waals surface area contributed by atoms with Crippen LogP contribution in [0.3, 0.4) is 0 Å². The average Bonchev–Trinajstić information content (AvgIpc) is 2.54. The smallest absolute Gasteiger partial charge is 0.240 e. The Morgan fingerprint density at radius 2 is 1.88 bits per heavy atom. The van der Waals surface area contributed by atoms with Crippen LogP contribution in [0.25, 0.3) is 0 Å². The molecular weight excluding hydrogens is 353 g/mol. The van der Waals surface area contributed by atoms with Crippen LogP contribution < -0.4 is 10.2 Å². The molecule has 0 spiro atoms. The SMILES string of the molecule is CC(=O)N(CC(=O)NCCN1CCOCC1)c1c(Cl)cccc1Cl. The van der Waals surface area contributed by atoms with E-state index >= 15 is 0 Å². The topological polar surface area (TPSA) is 61.9 Å². The Hall–Kier alpha value is -1.34. The first-order valence-corrected chi connectivity index (χ1v) is 8.53. The highest BCUT2D eigenvalue weighted by Crippen LogP contribution is 2.33. The second-order valence-corrected chi connectivity index (χ2v) is 6.29. The van der Waals surface area contributed by atoms with Crippen LogP contribution in [0.5, 0.6) is 0 Å². The molecule has 1 fully saturated rings. The minimum atomic E-state index is -0.298. The lowest BCUT2D eigenvalue weighted by Crippen LogP contribution is -2.44. The lowest BCUT2D eigenvalue weighted by Gasteiger charge is -2.27. The van der Waals surface area contributed by atoms with Crippen LogP contribution in [0, 0.1) is 0 Å². The van der Waals surface area contributed by atoms with Crippen molar-refractivity contribution in [1.82, 2.24) is 10.2 Å². The van der Waals surface area contributed by atoms with Crippen LogP contribution in [-0.2, 0) is 14.3 Å². The van der Waals surface area contributed by atoms with Gasteiger partial charge in [-0.3, -0.25) is 14.5 Å². The van der Waals surface area contributed by atoms with E-state index in [4.69, 9.17) is 27.9 Å². The molecule has 1 heterocycles. The number of para-hydroxylation sites is 1. The van der Waals surface area contributed by atoms with Gasteiger partial charge >= 0.3 is 0 Å². The zero-order valence-electron chi connectivity index (χ0n) is 13.6. The normalized spacial score (nSPS) is 15.1. The molecule has 0 aliphatic carbocycles. The Balaban J connectivity index is 1.90. The molecule has 1 aliphatic rings. The van der Waals surface area contributed by atoms with Gasteiger partial charge in [-0.1, -0.05) is 29.3 Å². The van der Waals surface area contributed by atoms with Crippen LogP contribution >= 0.6 is 23.2 Å². The van der Waals surface area contributed by atoms with Gasteiger partial charge in [0, 0.05) is 33.1 Å². The number of benzene rings is 1. The molecule has 0 bridgehead atoms. The van der Waals surface area contributed by atoms with Crippen molar-refractivity contribution in [3.05, 3.63) is 28.2 Å². The van der Waals surface area contributed by atoms with E-state index in [1.165, 1.54) is 11.8 Å². The molecule has 1 N–H and O–H groups in total. The highest BCUT2D eigenvalue weighted by Gasteiger charge is 2.21. The fourth-order valence-electron chi connectivity index (χ4n) is 2.47. The van der Waals surface area contributed by atoms with Gasteiger partial charge in [0.05, 0.1) is 28.9 Å². The molecule has 2 amide bonds. The maximum atomic E-state index is 12.2. The number of carbonyl (C=O) groups is 2. The van der Waals surface area contributed by atoms with Gasteiger partial charge in [-0.2, -0.15) is 0 Å². The summed E-state index contributed by atoms with van der Waals surface area (Å²) in [4.78, 5) is 27.6. The van der Waals surface area contributed by atoms with Crippen molar-refractivity contribution in [2.75, 3.05) is 50.8 Å². The maximum absolute atomic E-state index is 12.2. The van der Waals surface area contributed by atoms with Gasteiger partial charge in [-0.25, -0.2) is 0 Å². The first kappa shape index (κ1) is 19.0. The second-order valence-electron chi connectivity index (χ2n) is 5.48. The zero-order valence-corrected chi connectivity index (χ0v) is 15.1. The molecule has 8 heteroatoms. The van der Waals surface area contributed by atoms with Crippen LogP contribution in [0.1, 0.15) is 6.92 Å². The van der Waals surface area contributed by atoms with E-state index in [0.717, 1.165) is 32.8 Å². The molecular formula is C16H21Cl2N3O3. The third kappa shape index (κ3) is 5.34. The lowest BCUT2D eigenvalue weighted by molar-refractivity contribution is -0.123. The van der Waals surface area contributed by atoms with Gasteiger partial charge in [0.2, 0.25) is 11.8 Å². The van der Waals surface area contributed by atoms with Crippen molar-refractivity contribution in [3.8, 4) is 0 Å². The summed E-state index contributed by atoms with van der Waals surface area (Å²) in [6.45, 7) is 5.69. The number of nitrogens with one attached hydrogen (secondary N) is 1. The molecule has 24 heavy (non-hydrogen) atoms. The Bertz CT molecular complexity index is 572. The van der Waals surface area contributed by atoms with Crippen molar-refractivity contribution in [1.29, 1.82) is 0 Å². The van der Waals surface area contributed by atoms with Crippen molar-refractivity contribution in [2.45, 2.75) is 6.92 Å². The number of ether oxygens (including phenoxy) is 1. The number of amides is 2. The Morgan fingerprint density at radius 1 is 1.25 bits per heavy atom. The van der Waals surface area contributed by atoms with E-state index in [1.807, 2.05) is 0 Å². The number of rotatable bonds is 6. The number of hydrogen-bond acceptors (Lipinski definition) is 4. The Kier molecular flexibility index (Phi) is 7.30. The molecule has 132 valence electrons. The summed E-state index contributed by atoms with van der Waals surface area (Å²) >= 11 is 12.3. The molecule has 1 aromatic rings. The van der Waals surface area contributed by atoms with Crippen LogP contribution in [0.2, 0.25) is 10.0 Å². The van der Waals surface area contributed by atoms with Crippen LogP contribution in [0.4, 0.5) is 5.69 Å². The summed E-state index contributed by atoms with van der Waals surface area (Å²) in [6, 6.07) is 4.96. The molecule has 0 unspecified atom stereocenters. The molecule has 1 aliphatic heterocycles. The summed E-state index contributed by atoms with van der Waals surface area (Å²) in [5.74, 6) is -0.553. The molecule has 0 saturated carbocycles. The number of halogens is 2. The predicted octanol–water partition coefficient (Wildman–Crippen LogP) is 1.79. The summed E-state index contributed by atoms with van der Waals surface area (Å²) in [5, 5.41) is 3.49. The molecule has 1 aromatic carbocycles. The minimum absolute atomic E-state index is 0.123. The zero-order chi connectivity index (χ0) is 17.5. The van der Waals surface area contributed by atoms with Gasteiger partial charge in [-0.15, -0.1) is 0 Å². The predicted molar refractivity (Wildman–Crippen MR) is 94.8 cm³/mol. The van der Waals surface area contributed by atoms with Crippen molar-refractivity contribution in [2.24, 2.45) is 0 Å². The van der Waals surface area contributed by atoms with Crippen LogP contribution in [0.15, 0.2) is 18.2 Å². The maximum Gasteiger partial charge on any atom is 0.240 e. The van der Waals surface area contributed by atoms with Crippen molar-refractivity contribution < 1.29 is 14.3 Å². The monoisotopic (exact) mass is 373 g/mol. The lowest BCUT2D eigenvalue weighted by atomic mass is 10.2. The Labute approximate surface area is 151 Å². The molecule has 2 rings (SSSR count). The third-order valence-corrected chi connectivity index (χ3v) is 4.35. The van der Waals surface area contributed by atoms with Crippen molar-refractivity contribution in [3.63, 3.8) is 0 Å². The van der Waals surface area contributed by atoms with Gasteiger partial charge < -0.3 is 15.0 Å². The first-order chi connectivity index (χ1) is 11.5. The molecule has 0 atom stereocenters. The van der Waals surface area contributed by atoms with Crippen LogP contribution in [-0.4, -0.2) is 62.7 Å². The average molecular weight is 374 g/mol. The molecule has 0 aromatic heterocycles. The fraction of sp³-hybridized carbons (Fsp3) is 0.500. The van der Waals surface area contributed by atoms with Crippen molar-refractivity contribution >= 4 is 40.7 Å². The third-order valence-electron chi connectivity index (χ3n) is 3.74. The molecule has 0 radical (unpaired) electrons.